The number of benzene rings is 2. The molecule has 0 bridgehead atoms. The summed E-state index contributed by atoms with van der Waals surface area (Å²) in [5.74, 6) is 0.701. The van der Waals surface area contributed by atoms with Gasteiger partial charge in [0.2, 0.25) is 0 Å². The number of sulfonamides is 1. The lowest BCUT2D eigenvalue weighted by Crippen LogP contribution is -2.14. The van der Waals surface area contributed by atoms with Crippen molar-refractivity contribution in [2.24, 2.45) is 0 Å². The van der Waals surface area contributed by atoms with Gasteiger partial charge in [-0.3, -0.25) is 0 Å². The highest BCUT2D eigenvalue weighted by molar-refractivity contribution is 7.92. The van der Waals surface area contributed by atoms with Gasteiger partial charge in [-0.25, -0.2) is 17.8 Å². The monoisotopic (exact) mass is 408 g/mol. The first kappa shape index (κ1) is 19.0. The molecule has 3 aromatic rings. The molecule has 27 heavy (non-hydrogen) atoms. The fourth-order valence-electron chi connectivity index (χ4n) is 2.40. The number of rotatable bonds is 7. The number of anilines is 1. The van der Waals surface area contributed by atoms with Crippen LogP contribution < -0.4 is 14.2 Å². The minimum Gasteiger partial charge on any atom is -0.493 e. The Hall–Kier alpha value is -2.78. The Balaban J connectivity index is 1.78. The Labute approximate surface area is 161 Å². The van der Waals surface area contributed by atoms with Gasteiger partial charge < -0.3 is 9.47 Å². The van der Waals surface area contributed by atoms with Crippen LogP contribution in [0.2, 0.25) is 5.02 Å². The highest BCUT2D eigenvalue weighted by Gasteiger charge is 2.19. The molecule has 0 aliphatic rings. The summed E-state index contributed by atoms with van der Waals surface area (Å²) in [6.07, 6.45) is 1.44. The maximum absolute atomic E-state index is 12.6. The summed E-state index contributed by atoms with van der Waals surface area (Å²) in [6.45, 7) is 0.408. The molecule has 10 heteroatoms. The predicted octanol–water partition coefficient (Wildman–Crippen LogP) is 2.80. The molecule has 0 radical (unpaired) electrons. The van der Waals surface area contributed by atoms with E-state index in [-0.39, 0.29) is 10.8 Å². The standard InChI is InChI=1S/C17H17ClN4O4S/c1-25-15-7-6-14(9-16(15)26-2)27(23,24)21-17-19-11-22(20-17)10-12-4-3-5-13(18)8-12/h3-9,11H,10H2,1-2H3,(H,20,21). The van der Waals surface area contributed by atoms with Crippen LogP contribution in [0.15, 0.2) is 53.7 Å². The van der Waals surface area contributed by atoms with Gasteiger partial charge >= 0.3 is 0 Å². The summed E-state index contributed by atoms with van der Waals surface area (Å²) >= 11 is 5.96. The number of methoxy groups -OCH3 is 2. The maximum atomic E-state index is 12.6. The summed E-state index contributed by atoms with van der Waals surface area (Å²) in [4.78, 5) is 4.00. The van der Waals surface area contributed by atoms with Gasteiger partial charge in [0.1, 0.15) is 6.33 Å². The van der Waals surface area contributed by atoms with Gasteiger partial charge in [0, 0.05) is 11.1 Å². The lowest BCUT2D eigenvalue weighted by Gasteiger charge is -2.10. The van der Waals surface area contributed by atoms with E-state index in [1.807, 2.05) is 12.1 Å². The van der Waals surface area contributed by atoms with Gasteiger partial charge in [0.25, 0.3) is 16.0 Å². The number of hydrogen-bond donors (Lipinski definition) is 1. The van der Waals surface area contributed by atoms with Crippen LogP contribution >= 0.6 is 11.6 Å². The second kappa shape index (κ2) is 7.85. The number of nitrogens with one attached hydrogen (secondary N) is 1. The zero-order chi connectivity index (χ0) is 19.4. The molecule has 2 aromatic carbocycles. The van der Waals surface area contributed by atoms with Crippen LogP contribution in [0.3, 0.4) is 0 Å². The molecule has 0 fully saturated rings. The minimum atomic E-state index is -3.88. The van der Waals surface area contributed by atoms with E-state index in [1.165, 1.54) is 43.4 Å². The fourth-order valence-corrected chi connectivity index (χ4v) is 3.58. The maximum Gasteiger partial charge on any atom is 0.264 e. The van der Waals surface area contributed by atoms with Crippen molar-refractivity contribution < 1.29 is 17.9 Å². The number of hydrogen-bond acceptors (Lipinski definition) is 6. The number of aromatic nitrogens is 3. The second-order valence-corrected chi connectivity index (χ2v) is 7.64. The van der Waals surface area contributed by atoms with Gasteiger partial charge in [0.15, 0.2) is 11.5 Å². The molecule has 0 unspecified atom stereocenters. The molecule has 1 N–H and O–H groups in total. The van der Waals surface area contributed by atoms with Crippen LogP contribution in [-0.2, 0) is 16.6 Å². The van der Waals surface area contributed by atoms with Gasteiger partial charge in [-0.1, -0.05) is 23.7 Å². The van der Waals surface area contributed by atoms with Crippen LogP contribution in [0, 0.1) is 0 Å². The van der Waals surface area contributed by atoms with Crippen molar-refractivity contribution in [3.05, 3.63) is 59.4 Å². The van der Waals surface area contributed by atoms with Crippen molar-refractivity contribution in [3.8, 4) is 11.5 Å². The van der Waals surface area contributed by atoms with Crippen LogP contribution in [0.1, 0.15) is 5.56 Å². The van der Waals surface area contributed by atoms with E-state index in [0.29, 0.717) is 23.1 Å². The fraction of sp³-hybridized carbons (Fsp3) is 0.176. The van der Waals surface area contributed by atoms with Crippen molar-refractivity contribution in [1.29, 1.82) is 0 Å². The smallest absolute Gasteiger partial charge is 0.264 e. The predicted molar refractivity (Wildman–Crippen MR) is 101 cm³/mol. The van der Waals surface area contributed by atoms with E-state index in [4.69, 9.17) is 21.1 Å². The summed E-state index contributed by atoms with van der Waals surface area (Å²) in [6, 6.07) is 11.6. The molecule has 1 heterocycles. The van der Waals surface area contributed by atoms with Crippen molar-refractivity contribution in [2.75, 3.05) is 18.9 Å². The quantitative estimate of drug-likeness (QED) is 0.645. The van der Waals surface area contributed by atoms with Gasteiger partial charge in [-0.15, -0.1) is 5.10 Å². The molecule has 3 rings (SSSR count). The SMILES string of the molecule is COc1ccc(S(=O)(=O)Nc2ncn(Cc3cccc(Cl)c3)n2)cc1OC. The number of nitrogens with zero attached hydrogens (tertiary/aromatic N) is 3. The van der Waals surface area contributed by atoms with Crippen molar-refractivity contribution in [3.63, 3.8) is 0 Å². The first-order valence-corrected chi connectivity index (χ1v) is 9.66. The summed E-state index contributed by atoms with van der Waals surface area (Å²) in [7, 11) is -0.978. The number of ether oxygens (including phenoxy) is 2. The highest BCUT2D eigenvalue weighted by atomic mass is 35.5. The van der Waals surface area contributed by atoms with Gasteiger partial charge in [0.05, 0.1) is 25.7 Å². The third kappa shape index (κ3) is 4.50. The average Bonchev–Trinajstić information content (AvgIpc) is 3.07. The number of halogens is 1. The summed E-state index contributed by atoms with van der Waals surface area (Å²) in [5.41, 5.74) is 0.918. The Morgan fingerprint density at radius 3 is 2.59 bits per heavy atom. The lowest BCUT2D eigenvalue weighted by atomic mass is 10.2. The molecule has 0 saturated heterocycles. The molecule has 1 aromatic heterocycles. The second-order valence-electron chi connectivity index (χ2n) is 5.52. The highest BCUT2D eigenvalue weighted by Crippen LogP contribution is 2.29. The third-order valence-corrected chi connectivity index (χ3v) is 5.22. The molecule has 8 nitrogen and oxygen atoms in total. The van der Waals surface area contributed by atoms with Gasteiger partial charge in [-0.05, 0) is 29.8 Å². The van der Waals surface area contributed by atoms with Crippen molar-refractivity contribution >= 4 is 27.6 Å². The van der Waals surface area contributed by atoms with E-state index >= 15 is 0 Å². The van der Waals surface area contributed by atoms with E-state index in [9.17, 15) is 8.42 Å². The Morgan fingerprint density at radius 1 is 1.11 bits per heavy atom. The topological polar surface area (TPSA) is 95.3 Å². The summed E-state index contributed by atoms with van der Waals surface area (Å²) < 4.78 is 39.2. The van der Waals surface area contributed by atoms with Crippen LogP contribution in [0.25, 0.3) is 0 Å². The Morgan fingerprint density at radius 2 is 1.89 bits per heavy atom. The molecule has 0 atom stereocenters. The first-order chi connectivity index (χ1) is 12.9. The molecule has 0 spiro atoms. The Bertz CT molecular complexity index is 1050. The molecule has 0 amide bonds. The normalized spacial score (nSPS) is 11.2. The zero-order valence-corrected chi connectivity index (χ0v) is 16.2. The molecular weight excluding hydrogens is 392 g/mol. The third-order valence-electron chi connectivity index (χ3n) is 3.66. The molecule has 0 aliphatic heterocycles. The molecular formula is C17H17ClN4O4S. The van der Waals surface area contributed by atoms with E-state index < -0.39 is 10.0 Å². The lowest BCUT2D eigenvalue weighted by molar-refractivity contribution is 0.354. The van der Waals surface area contributed by atoms with E-state index in [2.05, 4.69) is 14.8 Å². The van der Waals surface area contributed by atoms with E-state index in [0.717, 1.165) is 5.56 Å². The first-order valence-electron chi connectivity index (χ1n) is 7.80. The van der Waals surface area contributed by atoms with Crippen LogP contribution in [0.5, 0.6) is 11.5 Å². The Kier molecular flexibility index (Phi) is 5.52. The van der Waals surface area contributed by atoms with Gasteiger partial charge in [-0.2, -0.15) is 4.98 Å². The summed E-state index contributed by atoms with van der Waals surface area (Å²) in [5, 5.41) is 4.75. The van der Waals surface area contributed by atoms with Crippen LogP contribution in [0.4, 0.5) is 5.95 Å². The van der Waals surface area contributed by atoms with Crippen molar-refractivity contribution in [1.82, 2.24) is 14.8 Å². The zero-order valence-electron chi connectivity index (χ0n) is 14.6. The largest absolute Gasteiger partial charge is 0.493 e. The average molecular weight is 409 g/mol. The van der Waals surface area contributed by atoms with E-state index in [1.54, 1.807) is 12.1 Å². The minimum absolute atomic E-state index is 0.00587. The molecule has 0 saturated carbocycles. The molecule has 142 valence electrons. The van der Waals surface area contributed by atoms with Crippen LogP contribution in [-0.4, -0.2) is 37.4 Å². The van der Waals surface area contributed by atoms with Crippen molar-refractivity contribution in [2.45, 2.75) is 11.4 Å². The molecule has 0 aliphatic carbocycles.